The van der Waals surface area contributed by atoms with Crippen LogP contribution in [0.2, 0.25) is 0 Å². The summed E-state index contributed by atoms with van der Waals surface area (Å²) in [5, 5.41) is 0. The highest BCUT2D eigenvalue weighted by molar-refractivity contribution is 5.67. The molecule has 0 fully saturated rings. The first kappa shape index (κ1) is 14.4. The molecule has 0 unspecified atom stereocenters. The Balaban J connectivity index is 0.00000106. The molecule has 0 N–H and O–H groups in total. The van der Waals surface area contributed by atoms with Gasteiger partial charge in [-0.15, -0.1) is 13.2 Å². The van der Waals surface area contributed by atoms with E-state index in [2.05, 4.69) is 65.3 Å². The monoisotopic (exact) mass is 214 g/mol. The zero-order valence-corrected chi connectivity index (χ0v) is 10.7. The van der Waals surface area contributed by atoms with E-state index >= 15 is 0 Å². The average Bonchev–Trinajstić information content (AvgIpc) is 2.29. The molecule has 0 spiro atoms. The molecule has 1 rings (SSSR count). The molecular weight excluding hydrogens is 192 g/mol. The summed E-state index contributed by atoms with van der Waals surface area (Å²) >= 11 is 0. The molecule has 0 saturated heterocycles. The summed E-state index contributed by atoms with van der Waals surface area (Å²) in [7, 11) is 0. The Morgan fingerprint density at radius 3 is 1.94 bits per heavy atom. The molecule has 0 heteroatoms. The minimum absolute atomic E-state index is 0.155. The highest BCUT2D eigenvalue weighted by Gasteiger charge is 2.17. The standard InChI is InChI=1S/C14H18.C2H4/c1-6-11-9-8-10-13(12(11)7-2)14(3,4)5;1-2/h6-10H,1-2H2,3-5H3;1-2H2. The van der Waals surface area contributed by atoms with Crippen LogP contribution >= 0.6 is 0 Å². The summed E-state index contributed by atoms with van der Waals surface area (Å²) in [4.78, 5) is 0. The van der Waals surface area contributed by atoms with Gasteiger partial charge in [0.1, 0.15) is 0 Å². The Kier molecular flexibility index (Phi) is 5.52. The number of hydrogen-bond acceptors (Lipinski definition) is 0. The molecule has 0 aliphatic rings. The Morgan fingerprint density at radius 2 is 1.56 bits per heavy atom. The molecular formula is C16H22. The topological polar surface area (TPSA) is 0 Å². The molecule has 0 heterocycles. The maximum absolute atomic E-state index is 3.87. The summed E-state index contributed by atoms with van der Waals surface area (Å²) in [6.07, 6.45) is 3.80. The first-order valence-electron chi connectivity index (χ1n) is 5.39. The van der Waals surface area contributed by atoms with Gasteiger partial charge < -0.3 is 0 Å². The van der Waals surface area contributed by atoms with E-state index in [1.807, 2.05) is 12.2 Å². The van der Waals surface area contributed by atoms with Crippen LogP contribution in [-0.2, 0) is 5.41 Å². The number of benzene rings is 1. The minimum Gasteiger partial charge on any atom is -0.106 e. The van der Waals surface area contributed by atoms with Crippen molar-refractivity contribution in [1.82, 2.24) is 0 Å². The normalized spacial score (nSPS) is 9.94. The molecule has 0 aromatic heterocycles. The van der Waals surface area contributed by atoms with Gasteiger partial charge in [-0.2, -0.15) is 0 Å². The lowest BCUT2D eigenvalue weighted by Gasteiger charge is -2.22. The molecule has 0 saturated carbocycles. The van der Waals surface area contributed by atoms with E-state index in [-0.39, 0.29) is 5.41 Å². The summed E-state index contributed by atoms with van der Waals surface area (Å²) in [5.41, 5.74) is 3.84. The van der Waals surface area contributed by atoms with E-state index in [1.165, 1.54) is 11.1 Å². The van der Waals surface area contributed by atoms with Gasteiger partial charge in [0.05, 0.1) is 0 Å². The molecule has 0 aliphatic carbocycles. The maximum Gasteiger partial charge on any atom is -0.0126 e. The van der Waals surface area contributed by atoms with E-state index in [9.17, 15) is 0 Å². The highest BCUT2D eigenvalue weighted by Crippen LogP contribution is 2.29. The van der Waals surface area contributed by atoms with Crippen molar-refractivity contribution in [3.8, 4) is 0 Å². The van der Waals surface area contributed by atoms with Gasteiger partial charge in [0.15, 0.2) is 0 Å². The summed E-state index contributed by atoms with van der Waals surface area (Å²) in [5.74, 6) is 0. The Hall–Kier alpha value is -1.56. The SMILES string of the molecule is C=C.C=Cc1cccc(C(C)(C)C)c1C=C. The van der Waals surface area contributed by atoms with Crippen molar-refractivity contribution < 1.29 is 0 Å². The second kappa shape index (κ2) is 6.12. The Bertz CT molecular complexity index is 364. The lowest BCUT2D eigenvalue weighted by Crippen LogP contribution is -2.13. The van der Waals surface area contributed by atoms with Gasteiger partial charge in [-0.1, -0.05) is 64.3 Å². The van der Waals surface area contributed by atoms with Crippen molar-refractivity contribution in [1.29, 1.82) is 0 Å². The van der Waals surface area contributed by atoms with E-state index in [0.717, 1.165) is 5.56 Å². The molecule has 16 heavy (non-hydrogen) atoms. The van der Waals surface area contributed by atoms with Gasteiger partial charge in [0, 0.05) is 0 Å². The van der Waals surface area contributed by atoms with Crippen LogP contribution in [0.3, 0.4) is 0 Å². The van der Waals surface area contributed by atoms with Crippen molar-refractivity contribution in [3.63, 3.8) is 0 Å². The van der Waals surface area contributed by atoms with Crippen LogP contribution in [0.1, 0.15) is 37.5 Å². The predicted molar refractivity (Wildman–Crippen MR) is 76.6 cm³/mol. The first-order chi connectivity index (χ1) is 7.50. The summed E-state index contributed by atoms with van der Waals surface area (Å²) in [6.45, 7) is 20.3. The second-order valence-corrected chi connectivity index (χ2v) is 4.47. The molecule has 86 valence electrons. The van der Waals surface area contributed by atoms with Crippen molar-refractivity contribution in [3.05, 3.63) is 61.2 Å². The maximum atomic E-state index is 3.87. The lowest BCUT2D eigenvalue weighted by atomic mass is 9.82. The Labute approximate surface area is 100 Å². The molecule has 0 nitrogen and oxygen atoms in total. The van der Waals surface area contributed by atoms with Gasteiger partial charge in [0.25, 0.3) is 0 Å². The quantitative estimate of drug-likeness (QED) is 0.603. The molecule has 0 aliphatic heterocycles. The van der Waals surface area contributed by atoms with Crippen LogP contribution in [0.25, 0.3) is 12.2 Å². The van der Waals surface area contributed by atoms with Crippen molar-refractivity contribution in [2.45, 2.75) is 26.2 Å². The number of hydrogen-bond donors (Lipinski definition) is 0. The third-order valence-corrected chi connectivity index (χ3v) is 2.37. The van der Waals surface area contributed by atoms with Gasteiger partial charge in [-0.05, 0) is 22.1 Å². The molecule has 0 bridgehead atoms. The lowest BCUT2D eigenvalue weighted by molar-refractivity contribution is 0.589. The first-order valence-corrected chi connectivity index (χ1v) is 5.39. The van der Waals surface area contributed by atoms with Gasteiger partial charge in [-0.25, -0.2) is 0 Å². The molecule has 1 aromatic rings. The average molecular weight is 214 g/mol. The van der Waals surface area contributed by atoms with E-state index in [1.54, 1.807) is 0 Å². The van der Waals surface area contributed by atoms with Crippen LogP contribution in [0, 0.1) is 0 Å². The van der Waals surface area contributed by atoms with Crippen LogP contribution < -0.4 is 0 Å². The van der Waals surface area contributed by atoms with E-state index in [4.69, 9.17) is 0 Å². The van der Waals surface area contributed by atoms with Crippen LogP contribution in [0.15, 0.2) is 44.5 Å². The fourth-order valence-electron chi connectivity index (χ4n) is 1.64. The van der Waals surface area contributed by atoms with E-state index in [0.29, 0.717) is 0 Å². The van der Waals surface area contributed by atoms with Gasteiger partial charge >= 0.3 is 0 Å². The van der Waals surface area contributed by atoms with Crippen molar-refractivity contribution >= 4 is 12.2 Å². The summed E-state index contributed by atoms with van der Waals surface area (Å²) in [6, 6.07) is 6.30. The molecule has 1 aromatic carbocycles. The Morgan fingerprint density at radius 1 is 1.00 bits per heavy atom. The predicted octanol–water partition coefficient (Wildman–Crippen LogP) is 5.07. The van der Waals surface area contributed by atoms with Crippen molar-refractivity contribution in [2.24, 2.45) is 0 Å². The third-order valence-electron chi connectivity index (χ3n) is 2.37. The molecule has 0 atom stereocenters. The van der Waals surface area contributed by atoms with Crippen LogP contribution in [0.4, 0.5) is 0 Å². The van der Waals surface area contributed by atoms with Crippen LogP contribution in [0.5, 0.6) is 0 Å². The smallest absolute Gasteiger partial charge is 0.0126 e. The second-order valence-electron chi connectivity index (χ2n) is 4.47. The van der Waals surface area contributed by atoms with Gasteiger partial charge in [0.2, 0.25) is 0 Å². The zero-order chi connectivity index (χ0) is 12.8. The largest absolute Gasteiger partial charge is 0.106 e. The highest BCUT2D eigenvalue weighted by atomic mass is 14.2. The third kappa shape index (κ3) is 3.23. The number of rotatable bonds is 2. The fraction of sp³-hybridized carbons (Fsp3) is 0.250. The fourth-order valence-corrected chi connectivity index (χ4v) is 1.64. The van der Waals surface area contributed by atoms with Crippen molar-refractivity contribution in [2.75, 3.05) is 0 Å². The van der Waals surface area contributed by atoms with Crippen LogP contribution in [-0.4, -0.2) is 0 Å². The zero-order valence-electron chi connectivity index (χ0n) is 10.7. The molecule has 0 radical (unpaired) electrons. The molecule has 0 amide bonds. The van der Waals surface area contributed by atoms with E-state index < -0.39 is 0 Å². The minimum atomic E-state index is 0.155. The summed E-state index contributed by atoms with van der Waals surface area (Å²) < 4.78 is 0. The van der Waals surface area contributed by atoms with Gasteiger partial charge in [-0.3, -0.25) is 0 Å².